The molecular weight excluding hydrogens is 326 g/mol. The van der Waals surface area contributed by atoms with E-state index in [2.05, 4.69) is 15.3 Å². The molecule has 0 spiro atoms. The number of H-pyrrole nitrogens is 1. The lowest BCUT2D eigenvalue weighted by molar-refractivity contribution is -0.0584. The average Bonchev–Trinajstić information content (AvgIpc) is 3.31. The average molecular weight is 337 g/mol. The van der Waals surface area contributed by atoms with Crippen LogP contribution in [0, 0.1) is 0 Å². The number of nitrogens with one attached hydrogen (secondary N) is 1. The molecule has 1 N–H and O–H groups in total. The highest BCUT2D eigenvalue weighted by molar-refractivity contribution is 6.21. The number of amides is 2. The van der Waals surface area contributed by atoms with Crippen molar-refractivity contribution in [2.45, 2.75) is 0 Å². The first-order chi connectivity index (χ1) is 12.1. The predicted octanol–water partition coefficient (Wildman–Crippen LogP) is 1.18. The first-order valence-electron chi connectivity index (χ1n) is 7.29. The summed E-state index contributed by atoms with van der Waals surface area (Å²) in [6.07, 6.45) is 4.50. The van der Waals surface area contributed by atoms with Crippen LogP contribution in [0.1, 0.15) is 31.1 Å². The van der Waals surface area contributed by atoms with Crippen LogP contribution in [0.5, 0.6) is 0 Å². The molecule has 0 atom stereocenters. The molecule has 2 aromatic heterocycles. The van der Waals surface area contributed by atoms with Crippen LogP contribution >= 0.6 is 0 Å². The Labute approximate surface area is 140 Å². The van der Waals surface area contributed by atoms with Crippen LogP contribution in [-0.2, 0) is 11.9 Å². The third-order valence-corrected chi connectivity index (χ3v) is 3.78. The van der Waals surface area contributed by atoms with Gasteiger partial charge in [-0.1, -0.05) is 17.2 Å². The minimum absolute atomic E-state index is 0.0876. The Morgan fingerprint density at radius 3 is 2.40 bits per heavy atom. The highest BCUT2D eigenvalue weighted by Gasteiger charge is 2.39. The topological polar surface area (TPSA) is 110 Å². The maximum absolute atomic E-state index is 12.4. The molecule has 1 aliphatic rings. The highest BCUT2D eigenvalue weighted by Crippen LogP contribution is 2.25. The molecule has 0 saturated carbocycles. The molecule has 0 unspecified atom stereocenters. The molecule has 0 saturated heterocycles. The van der Waals surface area contributed by atoms with Crippen molar-refractivity contribution in [1.29, 1.82) is 0 Å². The summed E-state index contributed by atoms with van der Waals surface area (Å²) >= 11 is 0. The van der Waals surface area contributed by atoms with Crippen LogP contribution in [0.15, 0.2) is 42.9 Å². The normalized spacial score (nSPS) is 13.2. The van der Waals surface area contributed by atoms with Gasteiger partial charge in [-0.05, 0) is 12.1 Å². The van der Waals surface area contributed by atoms with Gasteiger partial charge in [0.25, 0.3) is 11.8 Å². The van der Waals surface area contributed by atoms with Crippen molar-refractivity contribution in [2.75, 3.05) is 0 Å². The van der Waals surface area contributed by atoms with E-state index in [1.807, 2.05) is 0 Å². The van der Waals surface area contributed by atoms with Crippen molar-refractivity contribution in [3.63, 3.8) is 0 Å². The van der Waals surface area contributed by atoms with E-state index in [0.717, 1.165) is 0 Å². The van der Waals surface area contributed by atoms with Crippen LogP contribution in [0.2, 0.25) is 0 Å². The molecule has 0 bridgehead atoms. The quantitative estimate of drug-likeness (QED) is 0.719. The summed E-state index contributed by atoms with van der Waals surface area (Å²) in [6.45, 7) is 0. The van der Waals surface area contributed by atoms with Crippen molar-refractivity contribution >= 4 is 17.8 Å². The monoisotopic (exact) mass is 337 g/mol. The second kappa shape index (κ2) is 5.41. The number of hydrogen-bond donors (Lipinski definition) is 1. The van der Waals surface area contributed by atoms with Crippen molar-refractivity contribution in [2.24, 2.45) is 7.05 Å². The van der Waals surface area contributed by atoms with Gasteiger partial charge in [-0.25, -0.2) is 4.79 Å². The number of benzene rings is 1. The molecule has 25 heavy (non-hydrogen) atoms. The molecule has 1 aliphatic heterocycles. The second-order valence-electron chi connectivity index (χ2n) is 5.39. The van der Waals surface area contributed by atoms with Crippen LogP contribution < -0.4 is 0 Å². The molecule has 3 aromatic rings. The van der Waals surface area contributed by atoms with Gasteiger partial charge in [0, 0.05) is 18.8 Å². The van der Waals surface area contributed by atoms with Gasteiger partial charge in [0.15, 0.2) is 0 Å². The number of imide groups is 1. The molecule has 0 radical (unpaired) electrons. The number of aromatic nitrogens is 4. The Morgan fingerprint density at radius 1 is 1.12 bits per heavy atom. The van der Waals surface area contributed by atoms with Crippen molar-refractivity contribution < 1.29 is 19.2 Å². The zero-order valence-electron chi connectivity index (χ0n) is 13.0. The first-order valence-corrected chi connectivity index (χ1v) is 7.29. The Kier molecular flexibility index (Phi) is 3.21. The Hall–Kier alpha value is -3.75. The minimum Gasteiger partial charge on any atom is -0.324 e. The van der Waals surface area contributed by atoms with Gasteiger partial charge < -0.3 is 4.84 Å². The van der Waals surface area contributed by atoms with E-state index in [1.54, 1.807) is 36.3 Å². The number of hydroxylamine groups is 2. The third-order valence-electron chi connectivity index (χ3n) is 3.78. The standard InChI is InChI=1S/C16H11N5O4/c1-20-8-9(6-18-20)13-12(7-17-19-13)16(24)25-21-14(22)10-4-2-3-5-11(10)15(21)23/h2-8H,1H3,(H,17,19). The number of aryl methyl sites for hydroxylation is 1. The van der Waals surface area contributed by atoms with E-state index in [9.17, 15) is 14.4 Å². The fourth-order valence-electron chi connectivity index (χ4n) is 2.59. The van der Waals surface area contributed by atoms with Gasteiger partial charge in [-0.15, -0.1) is 0 Å². The zero-order valence-corrected chi connectivity index (χ0v) is 13.0. The molecule has 9 heteroatoms. The minimum atomic E-state index is -0.873. The lowest BCUT2D eigenvalue weighted by atomic mass is 10.1. The summed E-state index contributed by atoms with van der Waals surface area (Å²) < 4.78 is 1.56. The maximum Gasteiger partial charge on any atom is 0.367 e. The van der Waals surface area contributed by atoms with E-state index in [1.165, 1.54) is 18.3 Å². The molecule has 2 amide bonds. The summed E-state index contributed by atoms with van der Waals surface area (Å²) in [5.41, 5.74) is 1.48. The van der Waals surface area contributed by atoms with Gasteiger partial charge >= 0.3 is 5.97 Å². The molecule has 124 valence electrons. The van der Waals surface area contributed by atoms with Crippen LogP contribution in [0.4, 0.5) is 0 Å². The summed E-state index contributed by atoms with van der Waals surface area (Å²) in [6, 6.07) is 6.27. The summed E-state index contributed by atoms with van der Waals surface area (Å²) in [7, 11) is 1.73. The van der Waals surface area contributed by atoms with E-state index >= 15 is 0 Å². The Balaban J connectivity index is 1.61. The van der Waals surface area contributed by atoms with Gasteiger partial charge in [0.05, 0.1) is 29.2 Å². The maximum atomic E-state index is 12.4. The largest absolute Gasteiger partial charge is 0.367 e. The van der Waals surface area contributed by atoms with Crippen molar-refractivity contribution in [3.05, 3.63) is 59.5 Å². The zero-order chi connectivity index (χ0) is 17.6. The molecular formula is C16H11N5O4. The molecule has 1 aromatic carbocycles. The van der Waals surface area contributed by atoms with Gasteiger partial charge in [0.2, 0.25) is 0 Å². The molecule has 3 heterocycles. The lowest BCUT2D eigenvalue weighted by Crippen LogP contribution is -2.32. The summed E-state index contributed by atoms with van der Waals surface area (Å²) in [5, 5.41) is 11.0. The van der Waals surface area contributed by atoms with Gasteiger partial charge in [0.1, 0.15) is 5.56 Å². The van der Waals surface area contributed by atoms with E-state index in [4.69, 9.17) is 4.84 Å². The first kappa shape index (κ1) is 14.8. The van der Waals surface area contributed by atoms with Crippen LogP contribution in [0.3, 0.4) is 0 Å². The number of rotatable bonds is 3. The molecule has 0 fully saturated rings. The number of aromatic amines is 1. The SMILES string of the molecule is Cn1cc(-c2[nH]ncc2C(=O)ON2C(=O)c3ccccc3C2=O)cn1. The number of carbonyl (C=O) groups is 3. The molecule has 0 aliphatic carbocycles. The molecule has 4 rings (SSSR count). The second-order valence-corrected chi connectivity index (χ2v) is 5.39. The van der Waals surface area contributed by atoms with Crippen molar-refractivity contribution in [1.82, 2.24) is 25.0 Å². The highest BCUT2D eigenvalue weighted by atomic mass is 16.7. The van der Waals surface area contributed by atoms with Gasteiger partial charge in [-0.2, -0.15) is 10.2 Å². The predicted molar refractivity (Wildman–Crippen MR) is 83.1 cm³/mol. The Bertz CT molecular complexity index is 984. The lowest BCUT2D eigenvalue weighted by Gasteiger charge is -2.12. The van der Waals surface area contributed by atoms with Crippen molar-refractivity contribution in [3.8, 4) is 11.3 Å². The third kappa shape index (κ3) is 2.29. The summed E-state index contributed by atoms with van der Waals surface area (Å²) in [5.74, 6) is -2.23. The number of hydrogen-bond acceptors (Lipinski definition) is 6. The number of fused-ring (bicyclic) bond motifs is 1. The molecule has 9 nitrogen and oxygen atoms in total. The number of carbonyl (C=O) groups excluding carboxylic acids is 3. The van der Waals surface area contributed by atoms with E-state index in [-0.39, 0.29) is 16.7 Å². The van der Waals surface area contributed by atoms with E-state index in [0.29, 0.717) is 16.3 Å². The number of nitrogens with zero attached hydrogens (tertiary/aromatic N) is 4. The summed E-state index contributed by atoms with van der Waals surface area (Å²) in [4.78, 5) is 42.0. The van der Waals surface area contributed by atoms with Gasteiger partial charge in [-0.3, -0.25) is 19.4 Å². The fourth-order valence-corrected chi connectivity index (χ4v) is 2.59. The fraction of sp³-hybridized carbons (Fsp3) is 0.0625. The van der Waals surface area contributed by atoms with E-state index < -0.39 is 17.8 Å². The van der Waals surface area contributed by atoms with Crippen LogP contribution in [0.25, 0.3) is 11.3 Å². The smallest absolute Gasteiger partial charge is 0.324 e. The Morgan fingerprint density at radius 2 is 1.80 bits per heavy atom. The van der Waals surface area contributed by atoms with Crippen LogP contribution in [-0.4, -0.2) is 42.8 Å².